The Morgan fingerprint density at radius 3 is 2.57 bits per heavy atom. The van der Waals surface area contributed by atoms with Crippen LogP contribution >= 0.6 is 0 Å². The molecule has 0 aliphatic carbocycles. The highest BCUT2D eigenvalue weighted by Crippen LogP contribution is 2.24. The topological polar surface area (TPSA) is 91.0 Å². The zero-order valence-electron chi connectivity index (χ0n) is 16.2. The largest absolute Gasteiger partial charge is 0.481 e. The van der Waals surface area contributed by atoms with Crippen LogP contribution in [-0.4, -0.2) is 49.7 Å². The van der Waals surface area contributed by atoms with Gasteiger partial charge in [-0.2, -0.15) is 10.1 Å². The molecule has 1 aliphatic rings. The van der Waals surface area contributed by atoms with Gasteiger partial charge in [-0.05, 0) is 38.8 Å². The lowest BCUT2D eigenvalue weighted by molar-refractivity contribution is 0.348. The Morgan fingerprint density at radius 1 is 1.11 bits per heavy atom. The van der Waals surface area contributed by atoms with Gasteiger partial charge in [-0.3, -0.25) is 4.79 Å². The number of methoxy groups -OCH3 is 1. The summed E-state index contributed by atoms with van der Waals surface area (Å²) in [7, 11) is 1.59. The summed E-state index contributed by atoms with van der Waals surface area (Å²) in [6.45, 7) is 5.41. The molecule has 9 nitrogen and oxygen atoms in total. The van der Waals surface area contributed by atoms with E-state index in [1.807, 2.05) is 19.9 Å². The second-order valence-electron chi connectivity index (χ2n) is 6.93. The van der Waals surface area contributed by atoms with E-state index in [-0.39, 0.29) is 11.6 Å². The molecule has 0 atom stereocenters. The first-order valence-electron chi connectivity index (χ1n) is 9.30. The van der Waals surface area contributed by atoms with Crippen LogP contribution in [0.1, 0.15) is 30.3 Å². The number of anilines is 1. The number of hydrogen-bond donors (Lipinski definition) is 0. The van der Waals surface area contributed by atoms with Gasteiger partial charge < -0.3 is 9.64 Å². The van der Waals surface area contributed by atoms with E-state index in [0.717, 1.165) is 37.3 Å². The van der Waals surface area contributed by atoms with Crippen LogP contribution in [0.2, 0.25) is 0 Å². The van der Waals surface area contributed by atoms with Crippen molar-refractivity contribution >= 4 is 5.95 Å². The van der Waals surface area contributed by atoms with E-state index < -0.39 is 0 Å². The highest BCUT2D eigenvalue weighted by Gasteiger charge is 2.24. The monoisotopic (exact) mass is 381 g/mol. The predicted octanol–water partition coefficient (Wildman–Crippen LogP) is 1.69. The molecule has 1 aliphatic heterocycles. The molecule has 0 unspecified atom stereocenters. The molecule has 0 spiro atoms. The van der Waals surface area contributed by atoms with Crippen LogP contribution in [0.4, 0.5) is 5.95 Å². The van der Waals surface area contributed by atoms with Gasteiger partial charge in [-0.15, -0.1) is 5.10 Å². The van der Waals surface area contributed by atoms with Crippen LogP contribution in [0, 0.1) is 13.8 Å². The van der Waals surface area contributed by atoms with Gasteiger partial charge in [-0.25, -0.2) is 14.3 Å². The summed E-state index contributed by atoms with van der Waals surface area (Å²) in [5, 5.41) is 9.07. The second-order valence-corrected chi connectivity index (χ2v) is 6.93. The smallest absolute Gasteiger partial charge is 0.267 e. The van der Waals surface area contributed by atoms with Crippen molar-refractivity contribution in [3.05, 3.63) is 52.2 Å². The first kappa shape index (κ1) is 18.1. The lowest BCUT2D eigenvalue weighted by Gasteiger charge is -2.32. The van der Waals surface area contributed by atoms with Crippen molar-refractivity contribution in [3.63, 3.8) is 0 Å². The molecule has 0 saturated carbocycles. The highest BCUT2D eigenvalue weighted by molar-refractivity contribution is 5.32. The summed E-state index contributed by atoms with van der Waals surface area (Å²) in [6.07, 6.45) is 3.26. The molecule has 146 valence electrons. The van der Waals surface area contributed by atoms with Crippen LogP contribution in [0.5, 0.6) is 5.88 Å². The molecule has 4 rings (SSSR count). The average molecular weight is 381 g/mol. The van der Waals surface area contributed by atoms with Crippen molar-refractivity contribution in [2.24, 2.45) is 0 Å². The molecule has 1 saturated heterocycles. The maximum absolute atomic E-state index is 12.4. The van der Waals surface area contributed by atoms with Crippen molar-refractivity contribution in [3.8, 4) is 11.7 Å². The van der Waals surface area contributed by atoms with Gasteiger partial charge in [0.1, 0.15) is 0 Å². The highest BCUT2D eigenvalue weighted by atomic mass is 16.5. The first-order chi connectivity index (χ1) is 13.5. The van der Waals surface area contributed by atoms with E-state index in [1.54, 1.807) is 40.9 Å². The van der Waals surface area contributed by atoms with Gasteiger partial charge in [-0.1, -0.05) is 0 Å². The van der Waals surface area contributed by atoms with Crippen molar-refractivity contribution in [1.29, 1.82) is 0 Å². The van der Waals surface area contributed by atoms with E-state index in [1.165, 1.54) is 0 Å². The normalized spacial score (nSPS) is 15.0. The maximum atomic E-state index is 12.4. The maximum Gasteiger partial charge on any atom is 0.267 e. The molecule has 0 aromatic carbocycles. The fourth-order valence-electron chi connectivity index (χ4n) is 3.56. The Labute approximate surface area is 162 Å². The van der Waals surface area contributed by atoms with Crippen LogP contribution in [0.25, 0.3) is 5.82 Å². The minimum atomic E-state index is -0.0960. The molecule has 3 aromatic rings. The minimum Gasteiger partial charge on any atom is -0.481 e. The molecule has 0 bridgehead atoms. The SMILES string of the molecule is COc1ccnc(N2CCC(n3nc(-n4nc(C)cc4C)ccc3=O)CC2)n1. The summed E-state index contributed by atoms with van der Waals surface area (Å²) in [4.78, 5) is 23.3. The van der Waals surface area contributed by atoms with Crippen molar-refractivity contribution in [2.45, 2.75) is 32.7 Å². The minimum absolute atomic E-state index is 0.0336. The van der Waals surface area contributed by atoms with Crippen molar-refractivity contribution in [1.82, 2.24) is 29.5 Å². The third-order valence-corrected chi connectivity index (χ3v) is 4.96. The van der Waals surface area contributed by atoms with E-state index in [4.69, 9.17) is 4.74 Å². The van der Waals surface area contributed by atoms with E-state index >= 15 is 0 Å². The summed E-state index contributed by atoms with van der Waals surface area (Å²) in [5.41, 5.74) is 1.81. The molecule has 0 radical (unpaired) electrons. The van der Waals surface area contributed by atoms with E-state index in [0.29, 0.717) is 17.6 Å². The number of aryl methyl sites for hydroxylation is 2. The van der Waals surface area contributed by atoms with Crippen molar-refractivity contribution in [2.75, 3.05) is 25.1 Å². The van der Waals surface area contributed by atoms with E-state index in [9.17, 15) is 4.79 Å². The standard InChI is InChI=1S/C19H23N7O2/c1-13-12-14(2)25(22-13)16-4-5-18(27)26(23-16)15-7-10-24(11-8-15)19-20-9-6-17(21-19)28-3/h4-6,9,12,15H,7-8,10-11H2,1-3H3. The molecule has 1 fully saturated rings. The van der Waals surface area contributed by atoms with Crippen LogP contribution in [0.15, 0.2) is 35.3 Å². The molecule has 0 N–H and O–H groups in total. The molecule has 28 heavy (non-hydrogen) atoms. The predicted molar refractivity (Wildman–Crippen MR) is 104 cm³/mol. The number of aromatic nitrogens is 6. The van der Waals surface area contributed by atoms with Crippen molar-refractivity contribution < 1.29 is 4.74 Å². The van der Waals surface area contributed by atoms with Gasteiger partial charge in [0, 0.05) is 37.1 Å². The summed E-state index contributed by atoms with van der Waals surface area (Å²) in [6, 6.07) is 7.04. The number of piperidine rings is 1. The summed E-state index contributed by atoms with van der Waals surface area (Å²) >= 11 is 0. The molecular formula is C19H23N7O2. The molecular weight excluding hydrogens is 358 g/mol. The third kappa shape index (κ3) is 3.47. The molecule has 0 amide bonds. The Morgan fingerprint density at radius 2 is 1.89 bits per heavy atom. The first-order valence-corrected chi connectivity index (χ1v) is 9.30. The van der Waals surface area contributed by atoms with Gasteiger partial charge in [0.25, 0.3) is 5.56 Å². The van der Waals surface area contributed by atoms with Crippen LogP contribution in [0.3, 0.4) is 0 Å². The summed E-state index contributed by atoms with van der Waals surface area (Å²) < 4.78 is 8.54. The Kier molecular flexibility index (Phi) is 4.81. The Bertz CT molecular complexity index is 1030. The fourth-order valence-corrected chi connectivity index (χ4v) is 3.56. The number of ether oxygens (including phenoxy) is 1. The number of hydrogen-bond acceptors (Lipinski definition) is 7. The van der Waals surface area contributed by atoms with Gasteiger partial charge in [0.15, 0.2) is 5.82 Å². The lowest BCUT2D eigenvalue weighted by atomic mass is 10.1. The molecule has 4 heterocycles. The molecule has 9 heteroatoms. The molecule has 3 aromatic heterocycles. The van der Waals surface area contributed by atoms with Crippen LogP contribution in [-0.2, 0) is 0 Å². The number of rotatable bonds is 4. The summed E-state index contributed by atoms with van der Waals surface area (Å²) in [5.74, 6) is 1.85. The van der Waals surface area contributed by atoms with Crippen LogP contribution < -0.4 is 15.2 Å². The average Bonchev–Trinajstić information content (AvgIpc) is 3.06. The third-order valence-electron chi connectivity index (χ3n) is 4.96. The van der Waals surface area contributed by atoms with E-state index in [2.05, 4.69) is 25.1 Å². The Balaban J connectivity index is 1.54. The second kappa shape index (κ2) is 7.41. The fraction of sp³-hybridized carbons (Fsp3) is 0.421. The van der Waals surface area contributed by atoms with Gasteiger partial charge in [0.05, 0.1) is 18.8 Å². The lowest BCUT2D eigenvalue weighted by Crippen LogP contribution is -2.39. The van der Waals surface area contributed by atoms with Gasteiger partial charge >= 0.3 is 0 Å². The van der Waals surface area contributed by atoms with Gasteiger partial charge in [0.2, 0.25) is 11.8 Å². The zero-order chi connectivity index (χ0) is 19.7. The number of nitrogens with zero attached hydrogens (tertiary/aromatic N) is 7. The Hall–Kier alpha value is -3.23. The quantitative estimate of drug-likeness (QED) is 0.679. The zero-order valence-corrected chi connectivity index (χ0v) is 16.2.